The van der Waals surface area contributed by atoms with Crippen LogP contribution in [-0.2, 0) is 16.9 Å². The molecule has 0 aliphatic rings. The Labute approximate surface area is 124 Å². The van der Waals surface area contributed by atoms with E-state index in [1.165, 1.54) is 4.90 Å². The number of aromatic hydroxyl groups is 1. The van der Waals surface area contributed by atoms with Crippen LogP contribution < -0.4 is 5.73 Å². The summed E-state index contributed by atoms with van der Waals surface area (Å²) in [4.78, 5) is 14.1. The summed E-state index contributed by atoms with van der Waals surface area (Å²) in [7, 11) is 1.68. The van der Waals surface area contributed by atoms with E-state index >= 15 is 0 Å². The smallest absolute Gasteiger partial charge is 0.247 e. The third-order valence-corrected chi connectivity index (χ3v) is 3.56. The fraction of sp³-hybridized carbons (Fsp3) is 0.235. The van der Waals surface area contributed by atoms with E-state index in [1.807, 2.05) is 36.4 Å². The average Bonchev–Trinajstić information content (AvgIpc) is 2.49. The third kappa shape index (κ3) is 3.23. The van der Waals surface area contributed by atoms with Crippen LogP contribution in [0.25, 0.3) is 0 Å². The van der Waals surface area contributed by atoms with Gasteiger partial charge in [-0.1, -0.05) is 48.5 Å². The summed E-state index contributed by atoms with van der Waals surface area (Å²) in [5.74, 6) is -0.0208. The Morgan fingerprint density at radius 3 is 2.33 bits per heavy atom. The number of amides is 1. The molecule has 0 radical (unpaired) electrons. The van der Waals surface area contributed by atoms with Gasteiger partial charge in [0.05, 0.1) is 0 Å². The predicted molar refractivity (Wildman–Crippen MR) is 82.6 cm³/mol. The Morgan fingerprint density at radius 2 is 1.71 bits per heavy atom. The van der Waals surface area contributed by atoms with Gasteiger partial charge in [0.15, 0.2) is 0 Å². The van der Waals surface area contributed by atoms with Crippen molar-refractivity contribution in [3.05, 3.63) is 65.7 Å². The maximum atomic E-state index is 12.6. The van der Waals surface area contributed by atoms with Crippen LogP contribution in [0, 0.1) is 0 Å². The van der Waals surface area contributed by atoms with Crippen molar-refractivity contribution in [1.82, 2.24) is 4.90 Å². The van der Waals surface area contributed by atoms with Crippen molar-refractivity contribution in [2.24, 2.45) is 5.73 Å². The van der Waals surface area contributed by atoms with Crippen molar-refractivity contribution in [3.8, 4) is 5.75 Å². The van der Waals surface area contributed by atoms with Gasteiger partial charge < -0.3 is 15.7 Å². The van der Waals surface area contributed by atoms with Crippen molar-refractivity contribution in [2.45, 2.75) is 19.0 Å². The van der Waals surface area contributed by atoms with Crippen molar-refractivity contribution in [3.63, 3.8) is 0 Å². The first kappa shape index (κ1) is 15.1. The monoisotopic (exact) mass is 284 g/mol. The molecule has 1 unspecified atom stereocenters. The van der Waals surface area contributed by atoms with Gasteiger partial charge in [0.2, 0.25) is 5.91 Å². The lowest BCUT2D eigenvalue weighted by Gasteiger charge is -2.29. The number of hydrogen-bond donors (Lipinski definition) is 2. The minimum Gasteiger partial charge on any atom is -0.508 e. The number of carbonyl (C=O) groups is 1. The van der Waals surface area contributed by atoms with Gasteiger partial charge in [0.1, 0.15) is 11.3 Å². The molecular formula is C17H20N2O2. The lowest BCUT2D eigenvalue weighted by molar-refractivity contribution is -0.136. The zero-order valence-corrected chi connectivity index (χ0v) is 12.3. The molecule has 0 heterocycles. The molecule has 1 atom stereocenters. The molecule has 0 spiro atoms. The summed E-state index contributed by atoms with van der Waals surface area (Å²) in [6, 6.07) is 16.2. The Hall–Kier alpha value is -2.33. The lowest BCUT2D eigenvalue weighted by atomic mass is 9.91. The zero-order valence-electron chi connectivity index (χ0n) is 12.3. The number of para-hydroxylation sites is 1. The number of carbonyl (C=O) groups excluding carboxylic acids is 1. The molecule has 4 heteroatoms. The van der Waals surface area contributed by atoms with Crippen LogP contribution in [0.3, 0.4) is 0 Å². The molecule has 1 amide bonds. The minimum absolute atomic E-state index is 0.176. The summed E-state index contributed by atoms with van der Waals surface area (Å²) in [6.07, 6.45) is 0. The molecule has 21 heavy (non-hydrogen) atoms. The van der Waals surface area contributed by atoms with Crippen molar-refractivity contribution in [1.29, 1.82) is 0 Å². The maximum absolute atomic E-state index is 12.6. The molecule has 4 nitrogen and oxygen atoms in total. The van der Waals surface area contributed by atoms with E-state index in [9.17, 15) is 9.90 Å². The molecule has 0 bridgehead atoms. The quantitative estimate of drug-likeness (QED) is 0.904. The number of nitrogens with zero attached hydrogens (tertiary/aromatic N) is 1. The molecule has 0 saturated carbocycles. The number of nitrogens with two attached hydrogens (primary N) is 1. The zero-order chi connectivity index (χ0) is 15.5. The van der Waals surface area contributed by atoms with Crippen LogP contribution in [0.15, 0.2) is 54.6 Å². The van der Waals surface area contributed by atoms with Crippen LogP contribution >= 0.6 is 0 Å². The fourth-order valence-electron chi connectivity index (χ4n) is 2.28. The van der Waals surface area contributed by atoms with Gasteiger partial charge in [-0.3, -0.25) is 4.79 Å². The summed E-state index contributed by atoms with van der Waals surface area (Å²) in [5, 5.41) is 9.79. The van der Waals surface area contributed by atoms with Crippen LogP contribution in [0.4, 0.5) is 0 Å². The SMILES string of the molecule is CN(Cc1ccccc1O)C(=O)C(C)(N)c1ccccc1. The second-order valence-corrected chi connectivity index (χ2v) is 5.36. The van der Waals surface area contributed by atoms with Gasteiger partial charge in [-0.05, 0) is 18.6 Å². The standard InChI is InChI=1S/C17H20N2O2/c1-17(18,14-9-4-3-5-10-14)16(21)19(2)12-13-8-6-7-11-15(13)20/h3-11,20H,12,18H2,1-2H3. The molecule has 0 fully saturated rings. The van der Waals surface area contributed by atoms with E-state index in [4.69, 9.17) is 5.73 Å². The Kier molecular flexibility index (Phi) is 4.29. The highest BCUT2D eigenvalue weighted by Gasteiger charge is 2.33. The van der Waals surface area contributed by atoms with E-state index < -0.39 is 5.54 Å². The summed E-state index contributed by atoms with van der Waals surface area (Å²) >= 11 is 0. The van der Waals surface area contributed by atoms with Crippen molar-refractivity contribution in [2.75, 3.05) is 7.05 Å². The largest absolute Gasteiger partial charge is 0.508 e. The van der Waals surface area contributed by atoms with Crippen LogP contribution in [0.2, 0.25) is 0 Å². The number of phenols is 1. The molecule has 2 rings (SSSR count). The van der Waals surface area contributed by atoms with Gasteiger partial charge in [-0.25, -0.2) is 0 Å². The van der Waals surface area contributed by atoms with Gasteiger partial charge >= 0.3 is 0 Å². The number of hydrogen-bond acceptors (Lipinski definition) is 3. The lowest BCUT2D eigenvalue weighted by Crippen LogP contribution is -2.49. The second kappa shape index (κ2) is 5.97. The Balaban J connectivity index is 2.18. The summed E-state index contributed by atoms with van der Waals surface area (Å²) < 4.78 is 0. The highest BCUT2D eigenvalue weighted by molar-refractivity contribution is 5.86. The molecule has 2 aromatic carbocycles. The Morgan fingerprint density at radius 1 is 1.14 bits per heavy atom. The van der Waals surface area contributed by atoms with Crippen LogP contribution in [0.5, 0.6) is 5.75 Å². The number of benzene rings is 2. The van der Waals surface area contributed by atoms with E-state index in [0.717, 1.165) is 5.56 Å². The molecule has 0 aromatic heterocycles. The van der Waals surface area contributed by atoms with Gasteiger partial charge in [0.25, 0.3) is 0 Å². The third-order valence-electron chi connectivity index (χ3n) is 3.56. The van der Waals surface area contributed by atoms with E-state index in [-0.39, 0.29) is 11.7 Å². The topological polar surface area (TPSA) is 66.6 Å². The molecule has 0 aliphatic carbocycles. The highest BCUT2D eigenvalue weighted by atomic mass is 16.3. The van der Waals surface area contributed by atoms with Crippen LogP contribution in [0.1, 0.15) is 18.1 Å². The van der Waals surface area contributed by atoms with E-state index in [2.05, 4.69) is 0 Å². The number of rotatable bonds is 4. The first-order valence-electron chi connectivity index (χ1n) is 6.80. The first-order chi connectivity index (χ1) is 9.93. The number of phenolic OH excluding ortho intramolecular Hbond substituents is 1. The van der Waals surface area contributed by atoms with Crippen LogP contribution in [-0.4, -0.2) is 23.0 Å². The Bertz CT molecular complexity index is 624. The van der Waals surface area contributed by atoms with Crippen molar-refractivity contribution < 1.29 is 9.90 Å². The second-order valence-electron chi connectivity index (χ2n) is 5.36. The van der Waals surface area contributed by atoms with Gasteiger partial charge in [-0.15, -0.1) is 0 Å². The van der Waals surface area contributed by atoms with Gasteiger partial charge in [0, 0.05) is 19.2 Å². The molecule has 110 valence electrons. The first-order valence-corrected chi connectivity index (χ1v) is 6.80. The summed E-state index contributed by atoms with van der Waals surface area (Å²) in [5.41, 5.74) is 6.58. The van der Waals surface area contributed by atoms with E-state index in [1.54, 1.807) is 32.2 Å². The number of likely N-dealkylation sites (N-methyl/N-ethyl adjacent to an activating group) is 1. The normalized spacial score (nSPS) is 13.5. The molecule has 3 N–H and O–H groups in total. The highest BCUT2D eigenvalue weighted by Crippen LogP contribution is 2.22. The molecule has 0 aliphatic heterocycles. The molecular weight excluding hydrogens is 264 g/mol. The van der Waals surface area contributed by atoms with Crippen molar-refractivity contribution >= 4 is 5.91 Å². The molecule has 0 saturated heterocycles. The predicted octanol–water partition coefficient (Wildman–Crippen LogP) is 2.22. The average molecular weight is 284 g/mol. The fourth-order valence-corrected chi connectivity index (χ4v) is 2.28. The minimum atomic E-state index is -1.10. The van der Waals surface area contributed by atoms with Gasteiger partial charge in [-0.2, -0.15) is 0 Å². The summed E-state index contributed by atoms with van der Waals surface area (Å²) in [6.45, 7) is 2.01. The molecule has 2 aromatic rings. The maximum Gasteiger partial charge on any atom is 0.247 e. The van der Waals surface area contributed by atoms with E-state index in [0.29, 0.717) is 12.1 Å².